The molecule has 1 aliphatic rings. The fraction of sp³-hybridized carbons (Fsp3) is 0.500. The van der Waals surface area contributed by atoms with Crippen LogP contribution in [0.25, 0.3) is 0 Å². The number of aliphatic hydroxyl groups excluding tert-OH is 2. The van der Waals surface area contributed by atoms with Crippen molar-refractivity contribution in [2.24, 2.45) is 0 Å². The first-order chi connectivity index (χ1) is 6.06. The molecule has 0 radical (unpaired) electrons. The van der Waals surface area contributed by atoms with Gasteiger partial charge in [0.25, 0.3) is 0 Å². The number of ketones is 1. The third kappa shape index (κ3) is 1.93. The first kappa shape index (κ1) is 9.88. The van der Waals surface area contributed by atoms with E-state index in [1.807, 2.05) is 0 Å². The van der Waals surface area contributed by atoms with Crippen LogP contribution in [0, 0.1) is 0 Å². The van der Waals surface area contributed by atoms with Crippen LogP contribution in [0.2, 0.25) is 0 Å². The zero-order chi connectivity index (χ0) is 10.0. The largest absolute Gasteiger partial charge is 0.466 e. The van der Waals surface area contributed by atoms with E-state index in [0.29, 0.717) is 0 Å². The van der Waals surface area contributed by atoms with E-state index in [-0.39, 0.29) is 12.0 Å². The van der Waals surface area contributed by atoms with Gasteiger partial charge in [-0.25, -0.2) is 4.79 Å². The van der Waals surface area contributed by atoms with E-state index >= 15 is 0 Å². The Balaban J connectivity index is 2.85. The predicted molar refractivity (Wildman–Crippen MR) is 41.7 cm³/mol. The van der Waals surface area contributed by atoms with Crippen LogP contribution in [0.15, 0.2) is 11.6 Å². The number of rotatable bonds is 1. The molecule has 2 N–H and O–H groups in total. The van der Waals surface area contributed by atoms with Gasteiger partial charge in [-0.2, -0.15) is 0 Å². The van der Waals surface area contributed by atoms with Crippen molar-refractivity contribution in [2.45, 2.75) is 18.6 Å². The molecule has 0 aromatic heterocycles. The third-order valence-corrected chi connectivity index (χ3v) is 1.85. The lowest BCUT2D eigenvalue weighted by Crippen LogP contribution is -2.37. The number of hydrogen-bond acceptors (Lipinski definition) is 5. The Morgan fingerprint density at radius 2 is 2.23 bits per heavy atom. The molecule has 0 spiro atoms. The van der Waals surface area contributed by atoms with E-state index in [0.717, 1.165) is 6.08 Å². The van der Waals surface area contributed by atoms with Crippen molar-refractivity contribution in [3.8, 4) is 0 Å². The molecule has 72 valence electrons. The minimum Gasteiger partial charge on any atom is -0.466 e. The summed E-state index contributed by atoms with van der Waals surface area (Å²) in [5.74, 6) is -1.32. The van der Waals surface area contributed by atoms with Crippen LogP contribution >= 0.6 is 0 Å². The molecule has 5 nitrogen and oxygen atoms in total. The van der Waals surface area contributed by atoms with Crippen molar-refractivity contribution in [1.29, 1.82) is 0 Å². The summed E-state index contributed by atoms with van der Waals surface area (Å²) in [4.78, 5) is 21.9. The number of carbonyl (C=O) groups is 2. The fourth-order valence-electron chi connectivity index (χ4n) is 1.12. The Labute approximate surface area is 74.6 Å². The van der Waals surface area contributed by atoms with Gasteiger partial charge in [-0.05, 0) is 6.08 Å². The summed E-state index contributed by atoms with van der Waals surface area (Å²) in [6, 6.07) is 0. The molecule has 0 unspecified atom stereocenters. The Morgan fingerprint density at radius 1 is 1.62 bits per heavy atom. The summed E-state index contributed by atoms with van der Waals surface area (Å²) in [5, 5.41) is 18.2. The zero-order valence-corrected chi connectivity index (χ0v) is 7.06. The van der Waals surface area contributed by atoms with Gasteiger partial charge in [-0.1, -0.05) is 0 Å². The second-order valence-corrected chi connectivity index (χ2v) is 2.78. The third-order valence-electron chi connectivity index (χ3n) is 1.85. The summed E-state index contributed by atoms with van der Waals surface area (Å²) in [7, 11) is 1.19. The van der Waals surface area contributed by atoms with Crippen LogP contribution < -0.4 is 0 Å². The van der Waals surface area contributed by atoms with Gasteiger partial charge in [-0.3, -0.25) is 4.79 Å². The van der Waals surface area contributed by atoms with Gasteiger partial charge in [-0.15, -0.1) is 0 Å². The van der Waals surface area contributed by atoms with Crippen LogP contribution in [0.1, 0.15) is 6.42 Å². The summed E-state index contributed by atoms with van der Waals surface area (Å²) in [6.07, 6.45) is -1.69. The van der Waals surface area contributed by atoms with Crippen molar-refractivity contribution >= 4 is 11.8 Å². The molecular formula is C8H10O5. The van der Waals surface area contributed by atoms with E-state index in [9.17, 15) is 9.59 Å². The summed E-state index contributed by atoms with van der Waals surface area (Å²) in [6.45, 7) is 0. The maximum absolute atomic E-state index is 10.9. The topological polar surface area (TPSA) is 83.8 Å². The predicted octanol–water partition coefficient (Wildman–Crippen LogP) is -1.22. The lowest BCUT2D eigenvalue weighted by molar-refractivity contribution is -0.139. The highest BCUT2D eigenvalue weighted by Crippen LogP contribution is 2.17. The van der Waals surface area contributed by atoms with Crippen molar-refractivity contribution in [3.05, 3.63) is 11.6 Å². The van der Waals surface area contributed by atoms with Crippen molar-refractivity contribution in [1.82, 2.24) is 0 Å². The van der Waals surface area contributed by atoms with Crippen LogP contribution in [0.5, 0.6) is 0 Å². The Bertz CT molecular complexity index is 268. The Kier molecular flexibility index (Phi) is 2.79. The Hall–Kier alpha value is -1.20. The van der Waals surface area contributed by atoms with Gasteiger partial charge >= 0.3 is 5.97 Å². The molecule has 0 saturated carbocycles. The molecule has 0 amide bonds. The van der Waals surface area contributed by atoms with Crippen molar-refractivity contribution in [2.75, 3.05) is 7.11 Å². The second kappa shape index (κ2) is 3.68. The first-order valence-corrected chi connectivity index (χ1v) is 3.75. The lowest BCUT2D eigenvalue weighted by Gasteiger charge is -2.20. The first-order valence-electron chi connectivity index (χ1n) is 3.75. The van der Waals surface area contributed by atoms with Gasteiger partial charge in [0.15, 0.2) is 5.78 Å². The molecule has 13 heavy (non-hydrogen) atoms. The molecule has 0 aromatic rings. The molecule has 0 fully saturated rings. The number of hydrogen-bond donors (Lipinski definition) is 2. The van der Waals surface area contributed by atoms with Gasteiger partial charge in [0.05, 0.1) is 13.2 Å². The van der Waals surface area contributed by atoms with Gasteiger partial charge in [0.2, 0.25) is 0 Å². The monoisotopic (exact) mass is 186 g/mol. The second-order valence-electron chi connectivity index (χ2n) is 2.78. The zero-order valence-electron chi connectivity index (χ0n) is 7.06. The Morgan fingerprint density at radius 3 is 2.69 bits per heavy atom. The van der Waals surface area contributed by atoms with Gasteiger partial charge in [0.1, 0.15) is 6.10 Å². The summed E-state index contributed by atoms with van der Waals surface area (Å²) >= 11 is 0. The average molecular weight is 186 g/mol. The van der Waals surface area contributed by atoms with Crippen LogP contribution in [0.3, 0.4) is 0 Å². The highest BCUT2D eigenvalue weighted by atomic mass is 16.5. The van der Waals surface area contributed by atoms with Crippen LogP contribution in [0.4, 0.5) is 0 Å². The molecule has 0 heterocycles. The summed E-state index contributed by atoms with van der Waals surface area (Å²) < 4.78 is 4.37. The number of methoxy groups -OCH3 is 1. The lowest BCUT2D eigenvalue weighted by atomic mass is 9.93. The highest BCUT2D eigenvalue weighted by molar-refractivity contribution is 6.03. The molecule has 0 saturated heterocycles. The molecule has 1 aliphatic carbocycles. The molecular weight excluding hydrogens is 176 g/mol. The van der Waals surface area contributed by atoms with Crippen molar-refractivity contribution < 1.29 is 24.5 Å². The van der Waals surface area contributed by atoms with Crippen LogP contribution in [-0.4, -0.2) is 41.3 Å². The van der Waals surface area contributed by atoms with Gasteiger partial charge in [0, 0.05) is 12.0 Å². The van der Waals surface area contributed by atoms with Gasteiger partial charge < -0.3 is 14.9 Å². The normalized spacial score (nSPS) is 28.2. The molecule has 0 aliphatic heterocycles. The minimum atomic E-state index is -1.42. The molecule has 5 heteroatoms. The average Bonchev–Trinajstić information content (AvgIpc) is 2.12. The molecule has 1 rings (SSSR count). The fourth-order valence-corrected chi connectivity index (χ4v) is 1.12. The molecule has 0 bridgehead atoms. The van der Waals surface area contributed by atoms with E-state index < -0.39 is 24.0 Å². The molecule has 2 atom stereocenters. The standard InChI is InChI=1S/C8H10O5/c1-13-8(12)4-2-5(9)7(11)6(10)3-4/h2,6-7,10-11H,3H2,1H3/t6-,7-/m0/s1. The number of carbonyl (C=O) groups excluding carboxylic acids is 2. The van der Waals surface area contributed by atoms with Crippen LogP contribution in [-0.2, 0) is 14.3 Å². The van der Waals surface area contributed by atoms with Crippen molar-refractivity contribution in [3.63, 3.8) is 0 Å². The van der Waals surface area contributed by atoms with E-state index in [1.165, 1.54) is 7.11 Å². The highest BCUT2D eigenvalue weighted by Gasteiger charge is 2.31. The molecule has 0 aromatic carbocycles. The number of esters is 1. The maximum atomic E-state index is 10.9. The summed E-state index contributed by atoms with van der Waals surface area (Å²) in [5.41, 5.74) is 0.0882. The van der Waals surface area contributed by atoms with E-state index in [2.05, 4.69) is 4.74 Å². The SMILES string of the molecule is COC(=O)C1=CC(=O)[C@H](O)[C@@H](O)C1. The quantitative estimate of drug-likeness (QED) is 0.501. The van der Waals surface area contributed by atoms with E-state index in [1.54, 1.807) is 0 Å². The maximum Gasteiger partial charge on any atom is 0.333 e. The number of aliphatic hydroxyl groups is 2. The van der Waals surface area contributed by atoms with E-state index in [4.69, 9.17) is 10.2 Å². The minimum absolute atomic E-state index is 0.0560. The smallest absolute Gasteiger partial charge is 0.333 e. The number of ether oxygens (including phenoxy) is 1.